The number of halogens is 3. The van der Waals surface area contributed by atoms with Gasteiger partial charge in [0.1, 0.15) is 11.9 Å². The zero-order chi connectivity index (χ0) is 19.4. The summed E-state index contributed by atoms with van der Waals surface area (Å²) in [6, 6.07) is 5.43. The maximum Gasteiger partial charge on any atom is 0.253 e. The Morgan fingerprint density at radius 3 is 2.31 bits per heavy atom. The van der Waals surface area contributed by atoms with Crippen molar-refractivity contribution in [3.05, 3.63) is 28.8 Å². The third-order valence-corrected chi connectivity index (χ3v) is 5.40. The van der Waals surface area contributed by atoms with Gasteiger partial charge in [-0.2, -0.15) is 0 Å². The van der Waals surface area contributed by atoms with Crippen LogP contribution in [-0.2, 0) is 0 Å². The molecule has 0 unspecified atom stereocenters. The average Bonchev–Trinajstić information content (AvgIpc) is 2.64. The number of likely N-dealkylation sites (tertiary alicyclic amines) is 1. The smallest absolute Gasteiger partial charge is 0.253 e. The number of rotatable bonds is 4. The molecule has 5 nitrogen and oxygen atoms in total. The molecule has 2 saturated heterocycles. The molecule has 2 aliphatic heterocycles. The third-order valence-electron chi connectivity index (χ3n) is 5.11. The molecule has 0 spiro atoms. The van der Waals surface area contributed by atoms with Gasteiger partial charge >= 0.3 is 0 Å². The second-order valence-corrected chi connectivity index (χ2v) is 9.25. The molecule has 0 bridgehead atoms. The van der Waals surface area contributed by atoms with Crippen molar-refractivity contribution in [2.45, 2.75) is 39.7 Å². The molecular formula is C21H34Cl3N3O2. The van der Waals surface area contributed by atoms with Crippen LogP contribution in [0.5, 0.6) is 5.75 Å². The van der Waals surface area contributed by atoms with Gasteiger partial charge in [-0.25, -0.2) is 0 Å². The molecule has 1 aromatic rings. The summed E-state index contributed by atoms with van der Waals surface area (Å²) in [5, 5.41) is 3.78. The van der Waals surface area contributed by atoms with Gasteiger partial charge in [-0.3, -0.25) is 4.79 Å². The van der Waals surface area contributed by atoms with Crippen LogP contribution < -0.4 is 10.1 Å². The van der Waals surface area contributed by atoms with Gasteiger partial charge in [-0.05, 0) is 36.5 Å². The lowest BCUT2D eigenvalue weighted by Crippen LogP contribution is -2.46. The minimum absolute atomic E-state index is 0. The predicted molar refractivity (Wildman–Crippen MR) is 124 cm³/mol. The van der Waals surface area contributed by atoms with E-state index in [0.717, 1.165) is 58.7 Å². The summed E-state index contributed by atoms with van der Waals surface area (Å²) in [5.41, 5.74) is 0.957. The lowest BCUT2D eigenvalue weighted by atomic mass is 9.94. The fourth-order valence-corrected chi connectivity index (χ4v) is 4.04. The number of hydrogen-bond acceptors (Lipinski definition) is 4. The quantitative estimate of drug-likeness (QED) is 0.725. The van der Waals surface area contributed by atoms with E-state index in [1.54, 1.807) is 6.07 Å². The van der Waals surface area contributed by atoms with Crippen LogP contribution in [0.1, 0.15) is 44.0 Å². The fraction of sp³-hybridized carbons (Fsp3) is 0.667. The number of hydrogen-bond donors (Lipinski definition) is 1. The molecule has 0 saturated carbocycles. The largest absolute Gasteiger partial charge is 0.489 e. The Bertz CT molecular complexity index is 653. The first-order valence-corrected chi connectivity index (χ1v) is 10.4. The summed E-state index contributed by atoms with van der Waals surface area (Å²) < 4.78 is 6.15. The number of benzene rings is 1. The molecule has 2 fully saturated rings. The summed E-state index contributed by atoms with van der Waals surface area (Å²) in [5.74, 6) is 0.725. The van der Waals surface area contributed by atoms with E-state index < -0.39 is 0 Å². The SMILES string of the molecule is CC(C)(C)CN1CCC(Oc2ccc(C(=O)N3CCNCC3)cc2Cl)CC1.Cl.Cl. The molecule has 0 aromatic heterocycles. The standard InChI is InChI=1S/C21H32ClN3O2.2ClH/c1-21(2,3)15-24-10-6-17(7-11-24)27-19-5-4-16(14-18(19)22)20(26)25-12-8-23-9-13-25;;/h4-5,14,17,23H,6-13,15H2,1-3H3;2*1H. The zero-order valence-electron chi connectivity index (χ0n) is 17.6. The van der Waals surface area contributed by atoms with Gasteiger partial charge in [0.25, 0.3) is 5.91 Å². The Labute approximate surface area is 192 Å². The van der Waals surface area contributed by atoms with Crippen LogP contribution in [0.25, 0.3) is 0 Å². The molecule has 0 aliphatic carbocycles. The predicted octanol–water partition coefficient (Wildman–Crippen LogP) is 4.12. The van der Waals surface area contributed by atoms with Crippen molar-refractivity contribution in [2.24, 2.45) is 5.41 Å². The van der Waals surface area contributed by atoms with Crippen molar-refractivity contribution >= 4 is 42.3 Å². The number of nitrogens with one attached hydrogen (secondary N) is 1. The van der Waals surface area contributed by atoms with E-state index in [2.05, 4.69) is 31.0 Å². The summed E-state index contributed by atoms with van der Waals surface area (Å²) in [6.07, 6.45) is 2.20. The normalized spacial score (nSPS) is 18.6. The van der Waals surface area contributed by atoms with Crippen molar-refractivity contribution in [3.8, 4) is 5.75 Å². The van der Waals surface area contributed by atoms with Crippen LogP contribution in [0, 0.1) is 5.41 Å². The second kappa shape index (κ2) is 11.6. The Morgan fingerprint density at radius 2 is 1.76 bits per heavy atom. The average molecular weight is 467 g/mol. The number of nitrogens with zero attached hydrogens (tertiary/aromatic N) is 2. The van der Waals surface area contributed by atoms with E-state index >= 15 is 0 Å². The number of piperidine rings is 1. The van der Waals surface area contributed by atoms with Gasteiger partial charge in [0, 0.05) is 51.4 Å². The number of piperazine rings is 1. The van der Waals surface area contributed by atoms with Crippen LogP contribution >= 0.6 is 36.4 Å². The molecule has 0 radical (unpaired) electrons. The molecule has 2 aliphatic rings. The molecule has 29 heavy (non-hydrogen) atoms. The highest BCUT2D eigenvalue weighted by molar-refractivity contribution is 6.32. The van der Waals surface area contributed by atoms with Crippen LogP contribution in [-0.4, -0.2) is 67.6 Å². The Balaban J connectivity index is 0.00000210. The van der Waals surface area contributed by atoms with Gasteiger partial charge in [0.2, 0.25) is 0 Å². The number of carbonyl (C=O) groups is 1. The zero-order valence-corrected chi connectivity index (χ0v) is 20.0. The molecule has 8 heteroatoms. The number of carbonyl (C=O) groups excluding carboxylic acids is 1. The molecule has 1 aromatic carbocycles. The minimum Gasteiger partial charge on any atom is -0.489 e. The summed E-state index contributed by atoms with van der Waals surface area (Å²) in [6.45, 7) is 13.2. The van der Waals surface area contributed by atoms with E-state index in [-0.39, 0.29) is 36.8 Å². The van der Waals surface area contributed by atoms with E-state index in [1.165, 1.54) is 0 Å². The molecule has 3 rings (SSSR count). The second-order valence-electron chi connectivity index (χ2n) is 8.84. The van der Waals surface area contributed by atoms with Gasteiger partial charge in [-0.15, -0.1) is 24.8 Å². The molecule has 2 heterocycles. The molecule has 1 N–H and O–H groups in total. The fourth-order valence-electron chi connectivity index (χ4n) is 3.82. The maximum atomic E-state index is 12.6. The topological polar surface area (TPSA) is 44.8 Å². The summed E-state index contributed by atoms with van der Waals surface area (Å²) in [7, 11) is 0. The van der Waals surface area contributed by atoms with Crippen molar-refractivity contribution in [3.63, 3.8) is 0 Å². The monoisotopic (exact) mass is 465 g/mol. The van der Waals surface area contributed by atoms with Crippen molar-refractivity contribution in [1.82, 2.24) is 15.1 Å². The Kier molecular flexibility index (Phi) is 10.5. The van der Waals surface area contributed by atoms with E-state index in [1.807, 2.05) is 17.0 Å². The van der Waals surface area contributed by atoms with Crippen LogP contribution in [0.3, 0.4) is 0 Å². The van der Waals surface area contributed by atoms with Crippen LogP contribution in [0.15, 0.2) is 18.2 Å². The third kappa shape index (κ3) is 7.80. The van der Waals surface area contributed by atoms with Gasteiger partial charge < -0.3 is 19.9 Å². The van der Waals surface area contributed by atoms with Crippen molar-refractivity contribution < 1.29 is 9.53 Å². The molecule has 1 amide bonds. The van der Waals surface area contributed by atoms with E-state index in [9.17, 15) is 4.79 Å². The first-order chi connectivity index (χ1) is 12.8. The lowest BCUT2D eigenvalue weighted by molar-refractivity contribution is 0.0735. The summed E-state index contributed by atoms with van der Waals surface area (Å²) in [4.78, 5) is 17.0. The highest BCUT2D eigenvalue weighted by atomic mass is 35.5. The van der Waals surface area contributed by atoms with E-state index in [0.29, 0.717) is 21.8 Å². The van der Waals surface area contributed by atoms with Gasteiger partial charge in [0.15, 0.2) is 0 Å². The Morgan fingerprint density at radius 1 is 1.14 bits per heavy atom. The van der Waals surface area contributed by atoms with E-state index in [4.69, 9.17) is 16.3 Å². The number of amides is 1. The highest BCUT2D eigenvalue weighted by Gasteiger charge is 2.25. The Hall–Kier alpha value is -0.720. The van der Waals surface area contributed by atoms with Gasteiger partial charge in [-0.1, -0.05) is 32.4 Å². The maximum absolute atomic E-state index is 12.6. The van der Waals surface area contributed by atoms with Crippen LogP contribution in [0.4, 0.5) is 0 Å². The molecular weight excluding hydrogens is 433 g/mol. The van der Waals surface area contributed by atoms with Crippen molar-refractivity contribution in [1.29, 1.82) is 0 Å². The number of ether oxygens (including phenoxy) is 1. The summed E-state index contributed by atoms with van der Waals surface area (Å²) >= 11 is 6.43. The first kappa shape index (κ1) is 26.3. The van der Waals surface area contributed by atoms with Crippen molar-refractivity contribution in [2.75, 3.05) is 45.8 Å². The lowest BCUT2D eigenvalue weighted by Gasteiger charge is -2.36. The highest BCUT2D eigenvalue weighted by Crippen LogP contribution is 2.29. The minimum atomic E-state index is 0. The molecule has 0 atom stereocenters. The van der Waals surface area contributed by atoms with Gasteiger partial charge in [0.05, 0.1) is 5.02 Å². The van der Waals surface area contributed by atoms with Crippen LogP contribution in [0.2, 0.25) is 5.02 Å². The molecule has 166 valence electrons. The first-order valence-electron chi connectivity index (χ1n) is 10.0.